The van der Waals surface area contributed by atoms with E-state index in [0.29, 0.717) is 6.54 Å². The van der Waals surface area contributed by atoms with Gasteiger partial charge in [-0.1, -0.05) is 36.6 Å². The zero-order valence-corrected chi connectivity index (χ0v) is 14.4. The van der Waals surface area contributed by atoms with Crippen LogP contribution in [-0.4, -0.2) is 52.0 Å². The van der Waals surface area contributed by atoms with E-state index in [1.165, 1.54) is 32.1 Å². The lowest BCUT2D eigenvalue weighted by molar-refractivity contribution is -0.121. The molecule has 1 amide bonds. The summed E-state index contributed by atoms with van der Waals surface area (Å²) >= 11 is 0. The van der Waals surface area contributed by atoms with Gasteiger partial charge in [0, 0.05) is 12.6 Å². The molecule has 6 nitrogen and oxygen atoms in total. The lowest BCUT2D eigenvalue weighted by Gasteiger charge is -2.31. The van der Waals surface area contributed by atoms with Crippen molar-refractivity contribution in [3.8, 4) is 0 Å². The summed E-state index contributed by atoms with van der Waals surface area (Å²) < 4.78 is 1.65. The fourth-order valence-electron chi connectivity index (χ4n) is 3.49. The Bertz CT molecular complexity index is 662. The van der Waals surface area contributed by atoms with Gasteiger partial charge in [-0.15, -0.1) is 5.10 Å². The van der Waals surface area contributed by atoms with Crippen LogP contribution >= 0.6 is 0 Å². The maximum Gasteiger partial charge on any atom is 0.241 e. The second-order valence-electron chi connectivity index (χ2n) is 6.71. The number of hydrogen-bond acceptors (Lipinski definition) is 4. The zero-order chi connectivity index (χ0) is 16.8. The number of amides is 1. The average molecular weight is 329 g/mol. The molecule has 1 saturated carbocycles. The highest BCUT2D eigenvalue weighted by Crippen LogP contribution is 2.21. The molecule has 1 aromatic carbocycles. The smallest absolute Gasteiger partial charge is 0.241 e. The molecule has 0 unspecified atom stereocenters. The van der Waals surface area contributed by atoms with Crippen molar-refractivity contribution in [3.63, 3.8) is 0 Å². The van der Waals surface area contributed by atoms with E-state index in [1.807, 2.05) is 24.3 Å². The van der Waals surface area contributed by atoms with Gasteiger partial charge in [-0.25, -0.2) is 4.68 Å². The summed E-state index contributed by atoms with van der Waals surface area (Å²) in [6, 6.07) is 8.42. The maximum atomic E-state index is 12.1. The summed E-state index contributed by atoms with van der Waals surface area (Å²) in [6.45, 7) is 1.97. The van der Waals surface area contributed by atoms with Gasteiger partial charge in [-0.05, 0) is 45.0 Å². The molecule has 2 aromatic rings. The summed E-state index contributed by atoms with van der Waals surface area (Å²) in [5.74, 6) is -0.00836. The summed E-state index contributed by atoms with van der Waals surface area (Å²) in [6.07, 6.45) is 7.73. The largest absolute Gasteiger partial charge is 0.354 e. The molecule has 24 heavy (non-hydrogen) atoms. The molecule has 6 heteroatoms. The number of hydrogen-bond donors (Lipinski definition) is 1. The van der Waals surface area contributed by atoms with E-state index in [-0.39, 0.29) is 12.5 Å². The zero-order valence-electron chi connectivity index (χ0n) is 14.4. The molecule has 1 fully saturated rings. The van der Waals surface area contributed by atoms with Crippen molar-refractivity contribution in [2.45, 2.75) is 51.1 Å². The highest BCUT2D eigenvalue weighted by atomic mass is 16.2. The second kappa shape index (κ2) is 8.24. The van der Waals surface area contributed by atoms with Crippen LogP contribution in [0.5, 0.6) is 0 Å². The van der Waals surface area contributed by atoms with Gasteiger partial charge in [-0.3, -0.25) is 4.79 Å². The molecule has 0 aliphatic heterocycles. The second-order valence-corrected chi connectivity index (χ2v) is 6.71. The Labute approximate surface area is 143 Å². The molecule has 0 spiro atoms. The van der Waals surface area contributed by atoms with Crippen LogP contribution in [0, 0.1) is 0 Å². The third kappa shape index (κ3) is 4.32. The standard InChI is InChI=1S/C18H27N5O/c1-22(15-8-3-2-4-9-15)13-7-12-19-18(24)14-23-17-11-6-5-10-16(17)20-21-23/h5-6,10-11,15H,2-4,7-9,12-14H2,1H3,(H,19,24). The fourth-order valence-corrected chi connectivity index (χ4v) is 3.49. The first kappa shape index (κ1) is 16.9. The van der Waals surface area contributed by atoms with Crippen LogP contribution in [0.1, 0.15) is 38.5 Å². The van der Waals surface area contributed by atoms with Crippen LogP contribution in [0.15, 0.2) is 24.3 Å². The van der Waals surface area contributed by atoms with Crippen molar-refractivity contribution >= 4 is 16.9 Å². The minimum Gasteiger partial charge on any atom is -0.354 e. The SMILES string of the molecule is CN(CCCNC(=O)Cn1nnc2ccccc21)C1CCCCC1. The molecule has 0 atom stereocenters. The van der Waals surface area contributed by atoms with Crippen molar-refractivity contribution < 1.29 is 4.79 Å². The molecule has 1 N–H and O–H groups in total. The highest BCUT2D eigenvalue weighted by molar-refractivity contribution is 5.79. The lowest BCUT2D eigenvalue weighted by Crippen LogP contribution is -2.36. The fraction of sp³-hybridized carbons (Fsp3) is 0.611. The molecule has 1 heterocycles. The van der Waals surface area contributed by atoms with Crippen molar-refractivity contribution in [1.82, 2.24) is 25.2 Å². The normalized spacial score (nSPS) is 15.9. The van der Waals surface area contributed by atoms with Gasteiger partial charge in [0.15, 0.2) is 0 Å². The Kier molecular flexibility index (Phi) is 5.80. The van der Waals surface area contributed by atoms with Crippen LogP contribution in [0.25, 0.3) is 11.0 Å². The van der Waals surface area contributed by atoms with Crippen molar-refractivity contribution in [2.24, 2.45) is 0 Å². The van der Waals surface area contributed by atoms with Gasteiger partial charge in [0.25, 0.3) is 0 Å². The number of aromatic nitrogens is 3. The first-order valence-corrected chi connectivity index (χ1v) is 8.99. The number of carbonyl (C=O) groups is 1. The Morgan fingerprint density at radius 1 is 1.29 bits per heavy atom. The molecule has 130 valence electrons. The third-order valence-electron chi connectivity index (χ3n) is 4.92. The first-order valence-electron chi connectivity index (χ1n) is 8.99. The van der Waals surface area contributed by atoms with E-state index < -0.39 is 0 Å². The van der Waals surface area contributed by atoms with E-state index in [1.54, 1.807) is 4.68 Å². The van der Waals surface area contributed by atoms with E-state index in [9.17, 15) is 4.79 Å². The van der Waals surface area contributed by atoms with E-state index >= 15 is 0 Å². The Morgan fingerprint density at radius 2 is 2.08 bits per heavy atom. The monoisotopic (exact) mass is 329 g/mol. The van der Waals surface area contributed by atoms with Crippen LogP contribution in [0.3, 0.4) is 0 Å². The van der Waals surface area contributed by atoms with E-state index in [0.717, 1.165) is 30.0 Å². The van der Waals surface area contributed by atoms with Crippen LogP contribution in [0.2, 0.25) is 0 Å². The summed E-state index contributed by atoms with van der Waals surface area (Å²) in [7, 11) is 2.21. The van der Waals surface area contributed by atoms with Gasteiger partial charge < -0.3 is 10.2 Å². The number of nitrogens with zero attached hydrogens (tertiary/aromatic N) is 4. The van der Waals surface area contributed by atoms with Crippen LogP contribution in [0.4, 0.5) is 0 Å². The molecule has 0 saturated heterocycles. The molecule has 1 aliphatic carbocycles. The topological polar surface area (TPSA) is 63.1 Å². The molecule has 3 rings (SSSR count). The van der Waals surface area contributed by atoms with E-state index in [2.05, 4.69) is 27.6 Å². The van der Waals surface area contributed by atoms with Crippen molar-refractivity contribution in [1.29, 1.82) is 0 Å². The Morgan fingerprint density at radius 3 is 2.92 bits per heavy atom. The van der Waals surface area contributed by atoms with E-state index in [4.69, 9.17) is 0 Å². The molecule has 1 aromatic heterocycles. The number of rotatable bonds is 7. The van der Waals surface area contributed by atoms with Crippen molar-refractivity contribution in [3.05, 3.63) is 24.3 Å². The lowest BCUT2D eigenvalue weighted by atomic mass is 9.94. The summed E-state index contributed by atoms with van der Waals surface area (Å²) in [4.78, 5) is 14.5. The highest BCUT2D eigenvalue weighted by Gasteiger charge is 2.17. The molecular formula is C18H27N5O. The maximum absolute atomic E-state index is 12.1. The molecule has 1 aliphatic rings. The van der Waals surface area contributed by atoms with Crippen molar-refractivity contribution in [2.75, 3.05) is 20.1 Å². The minimum atomic E-state index is -0.00836. The van der Waals surface area contributed by atoms with Crippen LogP contribution < -0.4 is 5.32 Å². The minimum absolute atomic E-state index is 0.00836. The molecular weight excluding hydrogens is 302 g/mol. The van der Waals surface area contributed by atoms with Crippen LogP contribution in [-0.2, 0) is 11.3 Å². The quantitative estimate of drug-likeness (QED) is 0.791. The Hall–Kier alpha value is -1.95. The molecule has 0 radical (unpaired) electrons. The number of carbonyl (C=O) groups excluding carboxylic acids is 1. The Balaban J connectivity index is 1.38. The number of fused-ring (bicyclic) bond motifs is 1. The predicted octanol–water partition coefficient (Wildman–Crippen LogP) is 2.20. The number of benzene rings is 1. The van der Waals surface area contributed by atoms with Gasteiger partial charge in [0.2, 0.25) is 5.91 Å². The third-order valence-corrected chi connectivity index (χ3v) is 4.92. The van der Waals surface area contributed by atoms with Gasteiger partial charge in [0.05, 0.1) is 5.52 Å². The van der Waals surface area contributed by atoms with Gasteiger partial charge >= 0.3 is 0 Å². The predicted molar refractivity (Wildman–Crippen MR) is 94.7 cm³/mol. The van der Waals surface area contributed by atoms with Gasteiger partial charge in [-0.2, -0.15) is 0 Å². The summed E-state index contributed by atoms with van der Waals surface area (Å²) in [5, 5.41) is 11.1. The number of para-hydroxylation sites is 1. The first-order chi connectivity index (χ1) is 11.7. The summed E-state index contributed by atoms with van der Waals surface area (Å²) in [5.41, 5.74) is 1.71. The van der Waals surface area contributed by atoms with Gasteiger partial charge in [0.1, 0.15) is 12.1 Å². The number of nitrogens with one attached hydrogen (secondary N) is 1. The average Bonchev–Trinajstić information content (AvgIpc) is 3.02. The molecule has 0 bridgehead atoms.